The molecule has 0 spiro atoms. The van der Waals surface area contributed by atoms with Gasteiger partial charge in [-0.2, -0.15) is 0 Å². The van der Waals surface area contributed by atoms with Gasteiger partial charge in [0, 0.05) is 6.54 Å². The number of halogens is 1. The summed E-state index contributed by atoms with van der Waals surface area (Å²) < 4.78 is 0. The second-order valence-electron chi connectivity index (χ2n) is 4.95. The number of rotatable bonds is 4. The van der Waals surface area contributed by atoms with Gasteiger partial charge < -0.3 is 5.32 Å². The van der Waals surface area contributed by atoms with Gasteiger partial charge in [-0.1, -0.05) is 37.8 Å². The summed E-state index contributed by atoms with van der Waals surface area (Å²) in [5, 5.41) is 3.45. The van der Waals surface area contributed by atoms with Crippen molar-refractivity contribution in [1.29, 1.82) is 0 Å². The monoisotopic (exact) mass is 267 g/mol. The lowest BCUT2D eigenvalue weighted by Crippen LogP contribution is -2.25. The summed E-state index contributed by atoms with van der Waals surface area (Å²) in [6.07, 6.45) is 7.23. The highest BCUT2D eigenvalue weighted by molar-refractivity contribution is 6.32. The minimum atomic E-state index is 0.208. The van der Waals surface area contributed by atoms with E-state index < -0.39 is 0 Å². The fourth-order valence-corrected chi connectivity index (χ4v) is 2.72. The molecule has 0 saturated heterocycles. The van der Waals surface area contributed by atoms with E-state index in [0.717, 1.165) is 12.5 Å². The van der Waals surface area contributed by atoms with Gasteiger partial charge in [0.1, 0.15) is 17.3 Å². The first-order chi connectivity index (χ1) is 8.72. The second kappa shape index (κ2) is 6.14. The summed E-state index contributed by atoms with van der Waals surface area (Å²) in [5.41, 5.74) is 0.350. The van der Waals surface area contributed by atoms with Crippen LogP contribution in [0, 0.1) is 11.8 Å². The molecule has 1 aliphatic rings. The largest absolute Gasteiger partial charge is 0.369 e. The van der Waals surface area contributed by atoms with Gasteiger partial charge in [0.15, 0.2) is 6.29 Å². The minimum Gasteiger partial charge on any atom is -0.369 e. The molecule has 1 heterocycles. The highest BCUT2D eigenvalue weighted by Crippen LogP contribution is 2.30. The number of hydrogen-bond donors (Lipinski definition) is 1. The fraction of sp³-hybridized carbons (Fsp3) is 0.615. The Morgan fingerprint density at radius 2 is 2.22 bits per heavy atom. The van der Waals surface area contributed by atoms with E-state index >= 15 is 0 Å². The van der Waals surface area contributed by atoms with Crippen LogP contribution in [0.15, 0.2) is 6.33 Å². The van der Waals surface area contributed by atoms with E-state index in [1.54, 1.807) is 0 Å². The molecule has 0 aromatic carbocycles. The summed E-state index contributed by atoms with van der Waals surface area (Å²) in [6, 6.07) is 0. The summed E-state index contributed by atoms with van der Waals surface area (Å²) in [7, 11) is 0. The molecule has 1 fully saturated rings. The molecule has 2 rings (SSSR count). The molecular formula is C13H18ClN3O. The van der Waals surface area contributed by atoms with Crippen molar-refractivity contribution < 1.29 is 4.79 Å². The molecule has 98 valence electrons. The Hall–Kier alpha value is -1.16. The van der Waals surface area contributed by atoms with Crippen LogP contribution in [0.2, 0.25) is 5.15 Å². The van der Waals surface area contributed by atoms with Gasteiger partial charge in [-0.05, 0) is 18.3 Å². The lowest BCUT2D eigenvalue weighted by molar-refractivity contribution is 0.112. The zero-order valence-corrected chi connectivity index (χ0v) is 11.3. The zero-order chi connectivity index (χ0) is 13.0. The summed E-state index contributed by atoms with van der Waals surface area (Å²) >= 11 is 5.86. The van der Waals surface area contributed by atoms with Gasteiger partial charge in [0.25, 0.3) is 0 Å². The number of aldehydes is 1. The lowest BCUT2D eigenvalue weighted by atomic mass is 9.80. The van der Waals surface area contributed by atoms with Crippen LogP contribution in [0.5, 0.6) is 0 Å². The molecule has 1 aliphatic carbocycles. The molecule has 1 aromatic heterocycles. The molecular weight excluding hydrogens is 250 g/mol. The topological polar surface area (TPSA) is 54.9 Å². The van der Waals surface area contributed by atoms with E-state index in [1.807, 2.05) is 0 Å². The molecule has 0 bridgehead atoms. The Balaban J connectivity index is 2.01. The van der Waals surface area contributed by atoms with Crippen molar-refractivity contribution in [3.63, 3.8) is 0 Å². The molecule has 0 aliphatic heterocycles. The molecule has 18 heavy (non-hydrogen) atoms. The van der Waals surface area contributed by atoms with Crippen LogP contribution in [-0.4, -0.2) is 22.8 Å². The van der Waals surface area contributed by atoms with Gasteiger partial charge in [-0.3, -0.25) is 4.79 Å². The Morgan fingerprint density at radius 3 is 2.94 bits per heavy atom. The molecule has 1 saturated carbocycles. The zero-order valence-electron chi connectivity index (χ0n) is 10.5. The highest BCUT2D eigenvalue weighted by atomic mass is 35.5. The van der Waals surface area contributed by atoms with Crippen LogP contribution in [0.1, 0.15) is 43.0 Å². The van der Waals surface area contributed by atoms with E-state index in [9.17, 15) is 4.79 Å². The maximum atomic E-state index is 11.0. The Labute approximate surface area is 112 Å². The van der Waals surface area contributed by atoms with Crippen LogP contribution in [0.3, 0.4) is 0 Å². The van der Waals surface area contributed by atoms with Crippen LogP contribution >= 0.6 is 11.6 Å². The third kappa shape index (κ3) is 2.99. The Morgan fingerprint density at radius 1 is 1.44 bits per heavy atom. The number of anilines is 1. The van der Waals surface area contributed by atoms with E-state index in [1.165, 1.54) is 32.0 Å². The number of carbonyl (C=O) groups is 1. The average Bonchev–Trinajstić information content (AvgIpc) is 2.38. The van der Waals surface area contributed by atoms with Crippen LogP contribution in [0.25, 0.3) is 0 Å². The average molecular weight is 268 g/mol. The molecule has 5 heteroatoms. The molecule has 0 radical (unpaired) electrons. The number of carbonyl (C=O) groups excluding carboxylic acids is 1. The van der Waals surface area contributed by atoms with E-state index in [-0.39, 0.29) is 5.15 Å². The van der Waals surface area contributed by atoms with Crippen molar-refractivity contribution in [2.75, 3.05) is 11.9 Å². The highest BCUT2D eigenvalue weighted by Gasteiger charge is 2.21. The Kier molecular flexibility index (Phi) is 4.53. The van der Waals surface area contributed by atoms with Gasteiger partial charge in [-0.25, -0.2) is 9.97 Å². The predicted octanol–water partition coefficient (Wildman–Crippen LogP) is 3.18. The SMILES string of the molecule is CC1CCCCC1CNc1ncnc(Cl)c1C=O. The number of nitrogens with zero attached hydrogens (tertiary/aromatic N) is 2. The molecule has 1 aromatic rings. The van der Waals surface area contributed by atoms with Crippen molar-refractivity contribution in [2.45, 2.75) is 32.6 Å². The van der Waals surface area contributed by atoms with E-state index in [0.29, 0.717) is 23.6 Å². The van der Waals surface area contributed by atoms with Crippen molar-refractivity contribution in [3.05, 3.63) is 17.0 Å². The number of hydrogen-bond acceptors (Lipinski definition) is 4. The van der Waals surface area contributed by atoms with Crippen molar-refractivity contribution >= 4 is 23.7 Å². The summed E-state index contributed by atoms with van der Waals surface area (Å²) in [5.74, 6) is 1.91. The second-order valence-corrected chi connectivity index (χ2v) is 5.31. The quantitative estimate of drug-likeness (QED) is 0.672. The summed E-state index contributed by atoms with van der Waals surface area (Å²) in [4.78, 5) is 18.8. The Bertz CT molecular complexity index is 425. The minimum absolute atomic E-state index is 0.208. The van der Waals surface area contributed by atoms with Gasteiger partial charge in [0.05, 0.1) is 5.56 Å². The van der Waals surface area contributed by atoms with E-state index in [2.05, 4.69) is 22.2 Å². The number of nitrogens with one attached hydrogen (secondary N) is 1. The van der Waals surface area contributed by atoms with E-state index in [4.69, 9.17) is 11.6 Å². The lowest BCUT2D eigenvalue weighted by Gasteiger charge is -2.29. The smallest absolute Gasteiger partial charge is 0.156 e. The normalized spacial score (nSPS) is 23.7. The van der Waals surface area contributed by atoms with Crippen LogP contribution in [0.4, 0.5) is 5.82 Å². The summed E-state index contributed by atoms with van der Waals surface area (Å²) in [6.45, 7) is 3.13. The van der Waals surface area contributed by atoms with Gasteiger partial charge in [0.2, 0.25) is 0 Å². The first-order valence-corrected chi connectivity index (χ1v) is 6.79. The first-order valence-electron chi connectivity index (χ1n) is 6.42. The maximum absolute atomic E-state index is 11.0. The van der Waals surface area contributed by atoms with Crippen molar-refractivity contribution in [3.8, 4) is 0 Å². The molecule has 0 amide bonds. The predicted molar refractivity (Wildman–Crippen MR) is 72.0 cm³/mol. The van der Waals surface area contributed by atoms with Gasteiger partial charge >= 0.3 is 0 Å². The van der Waals surface area contributed by atoms with Crippen molar-refractivity contribution in [1.82, 2.24) is 9.97 Å². The number of aromatic nitrogens is 2. The third-order valence-electron chi connectivity index (χ3n) is 3.77. The third-order valence-corrected chi connectivity index (χ3v) is 4.08. The standard InChI is InChI=1S/C13H18ClN3O/c1-9-4-2-3-5-10(9)6-15-13-11(7-18)12(14)16-8-17-13/h7-10H,2-6H2,1H3,(H,15,16,17). The van der Waals surface area contributed by atoms with Gasteiger partial charge in [-0.15, -0.1) is 0 Å². The molecule has 1 N–H and O–H groups in total. The van der Waals surface area contributed by atoms with Crippen molar-refractivity contribution in [2.24, 2.45) is 11.8 Å². The first kappa shape index (κ1) is 13.3. The molecule has 4 nitrogen and oxygen atoms in total. The fourth-order valence-electron chi connectivity index (χ4n) is 2.54. The van der Waals surface area contributed by atoms with Crippen LogP contribution < -0.4 is 5.32 Å². The van der Waals surface area contributed by atoms with Crippen LogP contribution in [-0.2, 0) is 0 Å². The molecule has 2 atom stereocenters. The maximum Gasteiger partial charge on any atom is 0.156 e. The molecule has 2 unspecified atom stereocenters.